The Hall–Kier alpha value is -3.02. The molecule has 0 spiro atoms. The van der Waals surface area contributed by atoms with Gasteiger partial charge in [0.2, 0.25) is 5.79 Å². The number of ether oxygens (including phenoxy) is 5. The number of rotatable bonds is 10. The van der Waals surface area contributed by atoms with Crippen molar-refractivity contribution in [2.24, 2.45) is 0 Å². The fourth-order valence-corrected chi connectivity index (χ4v) is 5.32. The van der Waals surface area contributed by atoms with Crippen molar-refractivity contribution >= 4 is 35.0 Å². The standard InChI is InChI=1S/C28H32Cl2N4O6/c1-36-14-15-37-27(35)34-12-10-33(11-13-34)22-3-5-23(6-4-22)38-17-24-18-39-28(40-24,19-32-9-8-31-20-32)25-7-2-21(29)16-26(25)30/h2-9,16,20,24H,10-15,17-19H2,1H3/t24-,28-/m1/s1. The number of hydrogen-bond donors (Lipinski definition) is 0. The largest absolute Gasteiger partial charge is 0.491 e. The number of anilines is 1. The second-order valence-electron chi connectivity index (χ2n) is 9.55. The molecule has 3 heterocycles. The summed E-state index contributed by atoms with van der Waals surface area (Å²) < 4.78 is 30.8. The number of nitrogens with zero attached hydrogens (tertiary/aromatic N) is 4. The van der Waals surface area contributed by atoms with Crippen LogP contribution in [0.15, 0.2) is 61.2 Å². The zero-order chi connectivity index (χ0) is 28.0. The third-order valence-electron chi connectivity index (χ3n) is 6.84. The van der Waals surface area contributed by atoms with Gasteiger partial charge in [0.15, 0.2) is 0 Å². The van der Waals surface area contributed by atoms with E-state index in [9.17, 15) is 4.79 Å². The third-order valence-corrected chi connectivity index (χ3v) is 7.39. The molecule has 2 atom stereocenters. The molecule has 12 heteroatoms. The van der Waals surface area contributed by atoms with E-state index in [0.717, 1.165) is 24.5 Å². The molecule has 0 aliphatic carbocycles. The minimum absolute atomic E-state index is 0.259. The molecule has 0 saturated carbocycles. The van der Waals surface area contributed by atoms with E-state index in [0.29, 0.717) is 55.1 Å². The van der Waals surface area contributed by atoms with E-state index in [2.05, 4.69) is 9.88 Å². The summed E-state index contributed by atoms with van der Waals surface area (Å²) in [5.41, 5.74) is 1.76. The highest BCUT2D eigenvalue weighted by Gasteiger charge is 2.45. The highest BCUT2D eigenvalue weighted by molar-refractivity contribution is 6.35. The van der Waals surface area contributed by atoms with Crippen LogP contribution in [0.5, 0.6) is 5.75 Å². The molecule has 2 aliphatic rings. The van der Waals surface area contributed by atoms with Gasteiger partial charge in [-0.3, -0.25) is 0 Å². The molecule has 3 aromatic rings. The van der Waals surface area contributed by atoms with Gasteiger partial charge in [-0.1, -0.05) is 29.3 Å². The van der Waals surface area contributed by atoms with Crippen molar-refractivity contribution in [3.05, 3.63) is 76.8 Å². The molecule has 0 bridgehead atoms. The van der Waals surface area contributed by atoms with Crippen LogP contribution in [0.25, 0.3) is 0 Å². The first-order valence-electron chi connectivity index (χ1n) is 13.1. The van der Waals surface area contributed by atoms with Gasteiger partial charge in [-0.15, -0.1) is 0 Å². The Balaban J connectivity index is 1.15. The van der Waals surface area contributed by atoms with E-state index in [4.69, 9.17) is 46.9 Å². The fraction of sp³-hybridized carbons (Fsp3) is 0.429. The normalized spacial score (nSPS) is 21.0. The summed E-state index contributed by atoms with van der Waals surface area (Å²) in [5, 5.41) is 1.00. The van der Waals surface area contributed by atoms with Crippen LogP contribution in [-0.4, -0.2) is 86.4 Å². The van der Waals surface area contributed by atoms with Crippen molar-refractivity contribution < 1.29 is 28.5 Å². The van der Waals surface area contributed by atoms with E-state index >= 15 is 0 Å². The van der Waals surface area contributed by atoms with Crippen LogP contribution >= 0.6 is 23.2 Å². The predicted molar refractivity (Wildman–Crippen MR) is 150 cm³/mol. The minimum Gasteiger partial charge on any atom is -0.491 e. The first-order valence-corrected chi connectivity index (χ1v) is 13.8. The molecule has 0 N–H and O–H groups in total. The number of halogens is 2. The Bertz CT molecular complexity index is 1250. The van der Waals surface area contributed by atoms with Gasteiger partial charge in [-0.05, 0) is 36.4 Å². The van der Waals surface area contributed by atoms with Gasteiger partial charge in [0, 0.05) is 62.0 Å². The Labute approximate surface area is 243 Å². The van der Waals surface area contributed by atoms with Crippen LogP contribution in [-0.2, 0) is 31.3 Å². The summed E-state index contributed by atoms with van der Waals surface area (Å²) in [6, 6.07) is 13.2. The number of methoxy groups -OCH3 is 1. The van der Waals surface area contributed by atoms with E-state index in [1.54, 1.807) is 36.7 Å². The molecule has 10 nitrogen and oxygen atoms in total. The number of carbonyl (C=O) groups is 1. The third kappa shape index (κ3) is 6.82. The summed E-state index contributed by atoms with van der Waals surface area (Å²) in [6.07, 6.45) is 4.64. The smallest absolute Gasteiger partial charge is 0.409 e. The zero-order valence-corrected chi connectivity index (χ0v) is 23.7. The maximum atomic E-state index is 12.1. The number of aromatic nitrogens is 2. The van der Waals surface area contributed by atoms with Crippen molar-refractivity contribution in [3.8, 4) is 5.75 Å². The molecule has 0 unspecified atom stereocenters. The summed E-state index contributed by atoms with van der Waals surface area (Å²) in [7, 11) is 1.58. The summed E-state index contributed by atoms with van der Waals surface area (Å²) in [6.45, 7) is 4.31. The molecular formula is C28H32Cl2N4O6. The van der Waals surface area contributed by atoms with Crippen molar-refractivity contribution in [1.29, 1.82) is 0 Å². The van der Waals surface area contributed by atoms with Crippen LogP contribution in [0, 0.1) is 0 Å². The minimum atomic E-state index is -1.10. The lowest BCUT2D eigenvalue weighted by Crippen LogP contribution is -2.49. The molecule has 2 saturated heterocycles. The lowest BCUT2D eigenvalue weighted by atomic mass is 10.1. The Morgan fingerprint density at radius 3 is 2.60 bits per heavy atom. The van der Waals surface area contributed by atoms with E-state index in [1.807, 2.05) is 41.1 Å². The molecule has 1 amide bonds. The number of piperazine rings is 1. The molecule has 214 valence electrons. The van der Waals surface area contributed by atoms with Gasteiger partial charge < -0.3 is 38.1 Å². The molecular weight excluding hydrogens is 559 g/mol. The van der Waals surface area contributed by atoms with Gasteiger partial charge in [-0.25, -0.2) is 9.78 Å². The molecule has 2 aromatic carbocycles. The number of carbonyl (C=O) groups excluding carboxylic acids is 1. The average molecular weight is 591 g/mol. The van der Waals surface area contributed by atoms with Crippen molar-refractivity contribution in [2.45, 2.75) is 18.4 Å². The van der Waals surface area contributed by atoms with Crippen molar-refractivity contribution in [2.75, 3.05) is 64.6 Å². The van der Waals surface area contributed by atoms with Crippen LogP contribution in [0.4, 0.5) is 10.5 Å². The Kier molecular flexibility index (Phi) is 9.33. The first kappa shape index (κ1) is 28.5. The van der Waals surface area contributed by atoms with E-state index < -0.39 is 5.79 Å². The lowest BCUT2D eigenvalue weighted by molar-refractivity contribution is -0.189. The molecule has 5 rings (SSSR count). The average Bonchev–Trinajstić information content (AvgIpc) is 3.63. The second kappa shape index (κ2) is 13.1. The van der Waals surface area contributed by atoms with Crippen molar-refractivity contribution in [3.63, 3.8) is 0 Å². The van der Waals surface area contributed by atoms with E-state index in [1.165, 1.54) is 0 Å². The topological polar surface area (TPSA) is 87.5 Å². The van der Waals surface area contributed by atoms with Gasteiger partial charge in [0.25, 0.3) is 0 Å². The monoisotopic (exact) mass is 590 g/mol. The number of imidazole rings is 1. The van der Waals surface area contributed by atoms with Crippen LogP contribution in [0.1, 0.15) is 5.56 Å². The maximum Gasteiger partial charge on any atom is 0.409 e. The van der Waals surface area contributed by atoms with Crippen molar-refractivity contribution in [1.82, 2.24) is 14.5 Å². The van der Waals surface area contributed by atoms with Crippen LogP contribution < -0.4 is 9.64 Å². The molecule has 40 heavy (non-hydrogen) atoms. The van der Waals surface area contributed by atoms with Gasteiger partial charge >= 0.3 is 6.09 Å². The van der Waals surface area contributed by atoms with Crippen LogP contribution in [0.3, 0.4) is 0 Å². The molecule has 2 aliphatic heterocycles. The van der Waals surface area contributed by atoms with Crippen LogP contribution in [0.2, 0.25) is 10.0 Å². The SMILES string of the molecule is COCCOC(=O)N1CCN(c2ccc(OC[C@@H]3CO[C@@](Cn4ccnc4)(c4ccc(Cl)cc4Cl)O3)cc2)CC1. The van der Waals surface area contributed by atoms with Gasteiger partial charge in [-0.2, -0.15) is 0 Å². The lowest BCUT2D eigenvalue weighted by Gasteiger charge is -2.35. The number of amides is 1. The summed E-state index contributed by atoms with van der Waals surface area (Å²) in [4.78, 5) is 20.2. The molecule has 1 aromatic heterocycles. The predicted octanol–water partition coefficient (Wildman–Crippen LogP) is 4.44. The Morgan fingerprint density at radius 2 is 1.90 bits per heavy atom. The maximum absolute atomic E-state index is 12.1. The Morgan fingerprint density at radius 1 is 1.10 bits per heavy atom. The van der Waals surface area contributed by atoms with E-state index in [-0.39, 0.29) is 18.8 Å². The highest BCUT2D eigenvalue weighted by Crippen LogP contribution is 2.40. The summed E-state index contributed by atoms with van der Waals surface area (Å²) >= 11 is 12.7. The molecule has 2 fully saturated rings. The fourth-order valence-electron chi connectivity index (χ4n) is 4.77. The second-order valence-corrected chi connectivity index (χ2v) is 10.4. The van der Waals surface area contributed by atoms with Gasteiger partial charge in [0.1, 0.15) is 25.1 Å². The summed E-state index contributed by atoms with van der Waals surface area (Å²) in [5.74, 6) is -0.372. The highest BCUT2D eigenvalue weighted by atomic mass is 35.5. The quantitative estimate of drug-likeness (QED) is 0.320. The zero-order valence-electron chi connectivity index (χ0n) is 22.2. The first-order chi connectivity index (χ1) is 19.5. The van der Waals surface area contributed by atoms with Gasteiger partial charge in [0.05, 0.1) is 31.1 Å². The molecule has 0 radical (unpaired) electrons. The number of hydrogen-bond acceptors (Lipinski definition) is 8. The number of benzene rings is 2.